The third-order valence-electron chi connectivity index (χ3n) is 3.47. The molecule has 0 heterocycles. The number of hydrogen-bond acceptors (Lipinski definition) is 4. The number of anilines is 2. The highest BCUT2D eigenvalue weighted by Crippen LogP contribution is 2.45. The van der Waals surface area contributed by atoms with Crippen LogP contribution in [0.5, 0.6) is 0 Å². The van der Waals surface area contributed by atoms with Gasteiger partial charge in [0, 0.05) is 5.56 Å². The summed E-state index contributed by atoms with van der Waals surface area (Å²) in [5, 5.41) is -0.0212. The highest BCUT2D eigenvalue weighted by Gasteiger charge is 2.37. The van der Waals surface area contributed by atoms with Gasteiger partial charge in [0.1, 0.15) is 0 Å². The molecule has 0 amide bonds. The summed E-state index contributed by atoms with van der Waals surface area (Å²) in [6.45, 7) is 0. The number of ketones is 2. The van der Waals surface area contributed by atoms with Crippen LogP contribution in [0.15, 0.2) is 12.1 Å². The van der Waals surface area contributed by atoms with Crippen LogP contribution >= 0.6 is 46.4 Å². The summed E-state index contributed by atoms with van der Waals surface area (Å²) in [5.41, 5.74) is 11.4. The maximum absolute atomic E-state index is 12.7. The molecule has 0 saturated heterocycles. The number of halogens is 4. The number of rotatable bonds is 0. The number of fused-ring (bicyclic) bond motifs is 2. The Morgan fingerprint density at radius 1 is 0.682 bits per heavy atom. The molecular formula is C14H6Cl4N2O2. The molecule has 0 saturated carbocycles. The Balaban J connectivity index is 2.47. The minimum Gasteiger partial charge on any atom is -0.397 e. The Bertz CT molecular complexity index is 893. The molecule has 0 unspecified atom stereocenters. The van der Waals surface area contributed by atoms with E-state index < -0.39 is 11.6 Å². The van der Waals surface area contributed by atoms with Gasteiger partial charge in [0.2, 0.25) is 0 Å². The van der Waals surface area contributed by atoms with Gasteiger partial charge in [0.05, 0.1) is 48.2 Å². The number of hydrogen-bond donors (Lipinski definition) is 2. The zero-order valence-corrected chi connectivity index (χ0v) is 13.7. The molecule has 0 fully saturated rings. The average molecular weight is 376 g/mol. The van der Waals surface area contributed by atoms with Crippen molar-refractivity contribution in [3.63, 3.8) is 0 Å². The maximum Gasteiger partial charge on any atom is 0.198 e. The maximum atomic E-state index is 12.7. The van der Waals surface area contributed by atoms with E-state index in [1.54, 1.807) is 0 Å². The third-order valence-corrected chi connectivity index (χ3v) is 5.16. The molecule has 1 aliphatic carbocycles. The lowest BCUT2D eigenvalue weighted by molar-refractivity contribution is 0.0980. The molecule has 0 aromatic heterocycles. The molecule has 0 radical (unpaired) electrons. The van der Waals surface area contributed by atoms with E-state index in [4.69, 9.17) is 57.9 Å². The zero-order chi connectivity index (χ0) is 16.3. The van der Waals surface area contributed by atoms with Gasteiger partial charge in [-0.1, -0.05) is 46.4 Å². The van der Waals surface area contributed by atoms with Gasteiger partial charge in [-0.05, 0) is 12.1 Å². The van der Waals surface area contributed by atoms with Crippen molar-refractivity contribution < 1.29 is 9.59 Å². The van der Waals surface area contributed by atoms with Crippen LogP contribution in [0, 0.1) is 0 Å². The molecule has 4 N–H and O–H groups in total. The Hall–Kier alpha value is -1.46. The summed E-state index contributed by atoms with van der Waals surface area (Å²) in [4.78, 5) is 25.4. The molecule has 8 heteroatoms. The molecule has 2 aromatic carbocycles. The second-order valence-corrected chi connectivity index (χ2v) is 6.19. The van der Waals surface area contributed by atoms with Crippen molar-refractivity contribution in [2.45, 2.75) is 0 Å². The summed E-state index contributed by atoms with van der Waals surface area (Å²) in [6.07, 6.45) is 0. The highest BCUT2D eigenvalue weighted by molar-refractivity contribution is 6.50. The fourth-order valence-corrected chi connectivity index (χ4v) is 3.22. The molecular weight excluding hydrogens is 370 g/mol. The first-order valence-corrected chi connectivity index (χ1v) is 7.41. The van der Waals surface area contributed by atoms with Crippen LogP contribution < -0.4 is 11.5 Å². The summed E-state index contributed by atoms with van der Waals surface area (Å²) in [6, 6.07) is 2.83. The minimum atomic E-state index is -0.570. The van der Waals surface area contributed by atoms with Crippen molar-refractivity contribution in [1.29, 1.82) is 0 Å². The van der Waals surface area contributed by atoms with Gasteiger partial charge in [-0.25, -0.2) is 0 Å². The van der Waals surface area contributed by atoms with Crippen LogP contribution in [0.4, 0.5) is 11.4 Å². The Labute approximate surface area is 144 Å². The Kier molecular flexibility index (Phi) is 3.53. The monoisotopic (exact) mass is 374 g/mol. The molecule has 112 valence electrons. The second kappa shape index (κ2) is 5.03. The molecule has 0 bridgehead atoms. The van der Waals surface area contributed by atoms with E-state index in [0.29, 0.717) is 0 Å². The van der Waals surface area contributed by atoms with E-state index in [9.17, 15) is 9.59 Å². The lowest BCUT2D eigenvalue weighted by Crippen LogP contribution is -2.24. The minimum absolute atomic E-state index is 0.0174. The van der Waals surface area contributed by atoms with Crippen molar-refractivity contribution in [2.24, 2.45) is 0 Å². The molecule has 4 nitrogen and oxygen atoms in total. The van der Waals surface area contributed by atoms with Gasteiger partial charge in [-0.2, -0.15) is 0 Å². The molecule has 0 spiro atoms. The van der Waals surface area contributed by atoms with Crippen LogP contribution in [-0.4, -0.2) is 11.6 Å². The van der Waals surface area contributed by atoms with E-state index in [2.05, 4.69) is 0 Å². The van der Waals surface area contributed by atoms with Crippen molar-refractivity contribution in [3.8, 4) is 0 Å². The predicted molar refractivity (Wildman–Crippen MR) is 88.6 cm³/mol. The van der Waals surface area contributed by atoms with Gasteiger partial charge in [-0.3, -0.25) is 9.59 Å². The summed E-state index contributed by atoms with van der Waals surface area (Å²) >= 11 is 23.9. The van der Waals surface area contributed by atoms with Gasteiger partial charge in [0.15, 0.2) is 11.6 Å². The standard InChI is InChI=1S/C14H6Cl4N2O2/c15-4-2-1-3-5(8(4)16)14(22)7-6(13(3)21)11(19)9(17)10(18)12(7)20/h1-2H,19-20H2. The molecule has 3 rings (SSSR count). The molecule has 0 aliphatic heterocycles. The quantitative estimate of drug-likeness (QED) is 0.575. The molecule has 0 atom stereocenters. The van der Waals surface area contributed by atoms with Gasteiger partial charge < -0.3 is 11.5 Å². The van der Waals surface area contributed by atoms with Crippen molar-refractivity contribution in [1.82, 2.24) is 0 Å². The predicted octanol–water partition coefficient (Wildman–Crippen LogP) is 4.24. The highest BCUT2D eigenvalue weighted by atomic mass is 35.5. The van der Waals surface area contributed by atoms with Crippen LogP contribution in [0.25, 0.3) is 0 Å². The first kappa shape index (κ1) is 15.4. The van der Waals surface area contributed by atoms with Gasteiger partial charge in [-0.15, -0.1) is 0 Å². The van der Waals surface area contributed by atoms with E-state index in [1.807, 2.05) is 0 Å². The van der Waals surface area contributed by atoms with Crippen LogP contribution in [0.3, 0.4) is 0 Å². The molecule has 2 aromatic rings. The Morgan fingerprint density at radius 2 is 1.18 bits per heavy atom. The first-order valence-electron chi connectivity index (χ1n) is 5.90. The number of carbonyl (C=O) groups excluding carboxylic acids is 2. The fourth-order valence-electron chi connectivity index (χ4n) is 2.42. The lowest BCUT2D eigenvalue weighted by atomic mass is 9.82. The van der Waals surface area contributed by atoms with E-state index in [0.717, 1.165) is 0 Å². The van der Waals surface area contributed by atoms with Gasteiger partial charge in [0.25, 0.3) is 0 Å². The number of nitrogen functional groups attached to an aromatic ring is 2. The number of nitrogens with two attached hydrogens (primary N) is 2. The average Bonchev–Trinajstić information content (AvgIpc) is 2.49. The first-order chi connectivity index (χ1) is 10.3. The van der Waals surface area contributed by atoms with Crippen molar-refractivity contribution in [2.75, 3.05) is 11.5 Å². The van der Waals surface area contributed by atoms with E-state index in [1.165, 1.54) is 12.1 Å². The second-order valence-electron chi connectivity index (χ2n) is 4.65. The van der Waals surface area contributed by atoms with Crippen LogP contribution in [0.1, 0.15) is 31.8 Å². The molecule has 22 heavy (non-hydrogen) atoms. The van der Waals surface area contributed by atoms with Crippen molar-refractivity contribution >= 4 is 69.3 Å². The normalized spacial score (nSPS) is 13.1. The smallest absolute Gasteiger partial charge is 0.198 e. The molecule has 1 aliphatic rings. The SMILES string of the molecule is Nc1c(Cl)c(Cl)c(N)c2c1C(=O)c1ccc(Cl)c(Cl)c1C2=O. The van der Waals surface area contributed by atoms with Crippen molar-refractivity contribution in [3.05, 3.63) is 54.5 Å². The van der Waals surface area contributed by atoms with Gasteiger partial charge >= 0.3 is 0 Å². The topological polar surface area (TPSA) is 86.2 Å². The van der Waals surface area contributed by atoms with Crippen LogP contribution in [0.2, 0.25) is 20.1 Å². The lowest BCUT2D eigenvalue weighted by Gasteiger charge is -2.23. The van der Waals surface area contributed by atoms with E-state index in [-0.39, 0.29) is 53.7 Å². The summed E-state index contributed by atoms with van der Waals surface area (Å²) in [7, 11) is 0. The summed E-state index contributed by atoms with van der Waals surface area (Å²) < 4.78 is 0. The third kappa shape index (κ3) is 1.85. The number of carbonyl (C=O) groups is 2. The fraction of sp³-hybridized carbons (Fsp3) is 0. The van der Waals surface area contributed by atoms with E-state index >= 15 is 0 Å². The zero-order valence-electron chi connectivity index (χ0n) is 10.6. The largest absolute Gasteiger partial charge is 0.397 e. The number of benzene rings is 2. The Morgan fingerprint density at radius 3 is 1.73 bits per heavy atom. The van der Waals surface area contributed by atoms with Crippen LogP contribution in [-0.2, 0) is 0 Å². The summed E-state index contributed by atoms with van der Waals surface area (Å²) in [5.74, 6) is -1.08.